The Morgan fingerprint density at radius 1 is 1.44 bits per heavy atom. The number of esters is 1. The van der Waals surface area contributed by atoms with Gasteiger partial charge in [0.2, 0.25) is 0 Å². The molecule has 0 saturated heterocycles. The highest BCUT2D eigenvalue weighted by Gasteiger charge is 2.10. The van der Waals surface area contributed by atoms with E-state index in [-0.39, 0.29) is 11.7 Å². The van der Waals surface area contributed by atoms with Gasteiger partial charge >= 0.3 is 5.97 Å². The van der Waals surface area contributed by atoms with E-state index in [0.717, 1.165) is 23.9 Å². The number of thioether (sulfide) groups is 1. The lowest BCUT2D eigenvalue weighted by Gasteiger charge is -1.98. The summed E-state index contributed by atoms with van der Waals surface area (Å²) in [7, 11) is 0. The van der Waals surface area contributed by atoms with Gasteiger partial charge in [-0.05, 0) is 6.92 Å². The van der Waals surface area contributed by atoms with E-state index in [1.807, 2.05) is 0 Å². The molecule has 2 aromatic rings. The average molecular weight is 272 g/mol. The monoisotopic (exact) mass is 272 g/mol. The first-order valence-electron chi connectivity index (χ1n) is 5.23. The van der Waals surface area contributed by atoms with Crippen LogP contribution in [0, 0.1) is 11.6 Å². The van der Waals surface area contributed by atoms with Gasteiger partial charge in [-0.3, -0.25) is 4.79 Å². The third kappa shape index (κ3) is 2.79. The van der Waals surface area contributed by atoms with E-state index in [0.29, 0.717) is 22.8 Å². The summed E-state index contributed by atoms with van der Waals surface area (Å²) in [5.41, 5.74) is 0.709. The minimum Gasteiger partial charge on any atom is -0.465 e. The number of carbonyl (C=O) groups excluding carboxylic acids is 1. The number of rotatable bonds is 4. The fraction of sp³-hybridized carbons (Fsp3) is 0.273. The molecule has 0 aliphatic heterocycles. The second-order valence-electron chi connectivity index (χ2n) is 3.42. The summed E-state index contributed by atoms with van der Waals surface area (Å²) in [4.78, 5) is 18.0. The van der Waals surface area contributed by atoms with E-state index in [1.165, 1.54) is 0 Å². The summed E-state index contributed by atoms with van der Waals surface area (Å²) in [6, 6.07) is 2.04. The number of hydrogen-bond donors (Lipinski definition) is 1. The van der Waals surface area contributed by atoms with Crippen LogP contribution in [0.2, 0.25) is 0 Å². The van der Waals surface area contributed by atoms with Gasteiger partial charge in [0.25, 0.3) is 0 Å². The molecule has 1 aromatic carbocycles. The van der Waals surface area contributed by atoms with Crippen LogP contribution in [0.5, 0.6) is 0 Å². The van der Waals surface area contributed by atoms with Crippen molar-refractivity contribution in [2.24, 2.45) is 0 Å². The zero-order chi connectivity index (χ0) is 13.1. The van der Waals surface area contributed by atoms with E-state index in [4.69, 9.17) is 4.74 Å². The highest BCUT2D eigenvalue weighted by Crippen LogP contribution is 2.21. The Balaban J connectivity index is 2.13. The molecule has 1 heterocycles. The highest BCUT2D eigenvalue weighted by atomic mass is 32.2. The van der Waals surface area contributed by atoms with E-state index in [2.05, 4.69) is 9.97 Å². The lowest BCUT2D eigenvalue weighted by atomic mass is 10.3. The van der Waals surface area contributed by atoms with Gasteiger partial charge in [-0.15, -0.1) is 0 Å². The minimum atomic E-state index is -0.948. The molecule has 0 spiro atoms. The molecule has 1 N–H and O–H groups in total. The normalized spacial score (nSPS) is 10.8. The van der Waals surface area contributed by atoms with Crippen molar-refractivity contribution in [3.05, 3.63) is 23.8 Å². The third-order valence-electron chi connectivity index (χ3n) is 2.13. The summed E-state index contributed by atoms with van der Waals surface area (Å²) >= 11 is 1.12. The van der Waals surface area contributed by atoms with Crippen molar-refractivity contribution in [1.82, 2.24) is 9.97 Å². The number of nitrogens with one attached hydrogen (secondary N) is 1. The zero-order valence-corrected chi connectivity index (χ0v) is 10.3. The molecule has 0 fully saturated rings. The fourth-order valence-electron chi connectivity index (χ4n) is 1.38. The number of fused-ring (bicyclic) bond motifs is 1. The van der Waals surface area contributed by atoms with Gasteiger partial charge < -0.3 is 9.72 Å². The molecule has 1 aromatic heterocycles. The van der Waals surface area contributed by atoms with Crippen LogP contribution in [-0.2, 0) is 9.53 Å². The fourth-order valence-corrected chi connectivity index (χ4v) is 2.06. The molecule has 7 heteroatoms. The van der Waals surface area contributed by atoms with Crippen LogP contribution < -0.4 is 0 Å². The van der Waals surface area contributed by atoms with Crippen LogP contribution in [0.1, 0.15) is 6.92 Å². The quantitative estimate of drug-likeness (QED) is 0.686. The predicted molar refractivity (Wildman–Crippen MR) is 63.4 cm³/mol. The molecule has 96 valence electrons. The lowest BCUT2D eigenvalue weighted by molar-refractivity contribution is -0.139. The molecule has 0 unspecified atom stereocenters. The van der Waals surface area contributed by atoms with Crippen molar-refractivity contribution in [2.75, 3.05) is 12.4 Å². The van der Waals surface area contributed by atoms with Gasteiger partial charge in [-0.2, -0.15) is 0 Å². The smallest absolute Gasteiger partial charge is 0.316 e. The maximum atomic E-state index is 13.0. The Bertz CT molecular complexity index is 547. The Labute approximate surface area is 106 Å². The van der Waals surface area contributed by atoms with Crippen LogP contribution in [-0.4, -0.2) is 28.3 Å². The minimum absolute atomic E-state index is 0.0959. The second-order valence-corrected chi connectivity index (χ2v) is 4.38. The highest BCUT2D eigenvalue weighted by molar-refractivity contribution is 7.99. The molecule has 0 atom stereocenters. The molecule has 4 nitrogen and oxygen atoms in total. The molecule has 0 saturated carbocycles. The van der Waals surface area contributed by atoms with Crippen LogP contribution in [0.15, 0.2) is 17.3 Å². The van der Waals surface area contributed by atoms with Crippen molar-refractivity contribution in [1.29, 1.82) is 0 Å². The number of halogens is 2. The van der Waals surface area contributed by atoms with Gasteiger partial charge in [-0.1, -0.05) is 11.8 Å². The van der Waals surface area contributed by atoms with Crippen LogP contribution >= 0.6 is 11.8 Å². The number of nitrogens with zero attached hydrogens (tertiary/aromatic N) is 1. The molecular formula is C11H10F2N2O2S. The molecule has 0 bridgehead atoms. The maximum Gasteiger partial charge on any atom is 0.316 e. The number of imidazole rings is 1. The predicted octanol–water partition coefficient (Wildman–Crippen LogP) is 2.50. The van der Waals surface area contributed by atoms with E-state index < -0.39 is 11.6 Å². The summed E-state index contributed by atoms with van der Waals surface area (Å²) in [5.74, 6) is -2.15. The van der Waals surface area contributed by atoms with Gasteiger partial charge in [0.15, 0.2) is 16.8 Å². The number of benzene rings is 1. The molecule has 0 amide bonds. The molecule has 0 radical (unpaired) electrons. The first-order valence-corrected chi connectivity index (χ1v) is 6.22. The molecule has 0 aliphatic rings. The number of hydrogen-bond acceptors (Lipinski definition) is 4. The molecule has 18 heavy (non-hydrogen) atoms. The van der Waals surface area contributed by atoms with E-state index in [9.17, 15) is 13.6 Å². The first-order chi connectivity index (χ1) is 8.60. The van der Waals surface area contributed by atoms with Crippen molar-refractivity contribution >= 4 is 28.8 Å². The number of H-pyrrole nitrogens is 1. The first kappa shape index (κ1) is 12.8. The van der Waals surface area contributed by atoms with Gasteiger partial charge in [-0.25, -0.2) is 13.8 Å². The maximum absolute atomic E-state index is 13.0. The third-order valence-corrected chi connectivity index (χ3v) is 2.98. The van der Waals surface area contributed by atoms with E-state index in [1.54, 1.807) is 6.92 Å². The summed E-state index contributed by atoms with van der Waals surface area (Å²) in [6.07, 6.45) is 0. The van der Waals surface area contributed by atoms with Crippen molar-refractivity contribution in [3.63, 3.8) is 0 Å². The summed E-state index contributed by atoms with van der Waals surface area (Å²) in [6.45, 7) is 2.03. The van der Waals surface area contributed by atoms with Gasteiger partial charge in [0, 0.05) is 12.1 Å². The Morgan fingerprint density at radius 2 is 2.17 bits per heavy atom. The Kier molecular flexibility index (Phi) is 3.81. The average Bonchev–Trinajstić information content (AvgIpc) is 2.69. The Hall–Kier alpha value is -1.63. The Morgan fingerprint density at radius 3 is 2.89 bits per heavy atom. The van der Waals surface area contributed by atoms with Crippen molar-refractivity contribution < 1.29 is 18.3 Å². The summed E-state index contributed by atoms with van der Waals surface area (Å²) in [5, 5.41) is 0.419. The number of carbonyl (C=O) groups is 1. The number of aromatic amines is 1. The van der Waals surface area contributed by atoms with Crippen LogP contribution in [0.4, 0.5) is 8.78 Å². The second kappa shape index (κ2) is 5.34. The van der Waals surface area contributed by atoms with E-state index >= 15 is 0 Å². The standard InChI is InChI=1S/C11H10F2N2O2S/c1-2-17-10(16)5-18-11-14-8-3-6(12)7(13)4-9(8)15-11/h3-4H,2,5H2,1H3,(H,14,15). The molecular weight excluding hydrogens is 262 g/mol. The zero-order valence-electron chi connectivity index (χ0n) is 9.50. The number of aromatic nitrogens is 2. The van der Waals surface area contributed by atoms with Crippen molar-refractivity contribution in [2.45, 2.75) is 12.1 Å². The largest absolute Gasteiger partial charge is 0.465 e. The summed E-state index contributed by atoms with van der Waals surface area (Å²) < 4.78 is 30.7. The SMILES string of the molecule is CCOC(=O)CSc1nc2cc(F)c(F)cc2[nH]1. The van der Waals surface area contributed by atoms with Crippen LogP contribution in [0.3, 0.4) is 0 Å². The van der Waals surface area contributed by atoms with Gasteiger partial charge in [0.05, 0.1) is 23.4 Å². The van der Waals surface area contributed by atoms with Crippen molar-refractivity contribution in [3.8, 4) is 0 Å². The van der Waals surface area contributed by atoms with Crippen LogP contribution in [0.25, 0.3) is 11.0 Å². The topological polar surface area (TPSA) is 55.0 Å². The number of ether oxygens (including phenoxy) is 1. The molecule has 2 rings (SSSR count). The molecule has 0 aliphatic carbocycles. The van der Waals surface area contributed by atoms with Gasteiger partial charge in [0.1, 0.15) is 0 Å². The lowest BCUT2D eigenvalue weighted by Crippen LogP contribution is -2.06.